The van der Waals surface area contributed by atoms with E-state index in [0.29, 0.717) is 32.8 Å². The molecule has 0 saturated carbocycles. The third kappa shape index (κ3) is 2.81. The van der Waals surface area contributed by atoms with Gasteiger partial charge in [0, 0.05) is 39.3 Å². The summed E-state index contributed by atoms with van der Waals surface area (Å²) in [6.45, 7) is 6.55. The number of nitrogens with zero attached hydrogens (tertiary/aromatic N) is 2. The minimum Gasteiger partial charge on any atom is -0.380 e. The molecule has 0 aromatic rings. The van der Waals surface area contributed by atoms with Crippen LogP contribution in [-0.4, -0.2) is 73.6 Å². The lowest BCUT2D eigenvalue weighted by Crippen LogP contribution is -2.65. The maximum atomic E-state index is 11.9. The second-order valence-corrected chi connectivity index (χ2v) is 4.72. The number of nitrogens with one attached hydrogen (secondary N) is 1. The normalized spacial score (nSPS) is 24.4. The van der Waals surface area contributed by atoms with Crippen molar-refractivity contribution in [1.82, 2.24) is 15.1 Å². The number of hydrogen-bond donors (Lipinski definition) is 1. The monoisotopic (exact) mass is 255 g/mol. The molecule has 6 nitrogen and oxygen atoms in total. The van der Waals surface area contributed by atoms with Gasteiger partial charge < -0.3 is 19.9 Å². The number of carbonyl (C=O) groups excluding carboxylic acids is 2. The van der Waals surface area contributed by atoms with Crippen LogP contribution < -0.4 is 5.32 Å². The topological polar surface area (TPSA) is 61.9 Å². The van der Waals surface area contributed by atoms with Crippen molar-refractivity contribution in [2.75, 3.05) is 45.9 Å². The van der Waals surface area contributed by atoms with Gasteiger partial charge in [0.15, 0.2) is 0 Å². The summed E-state index contributed by atoms with van der Waals surface area (Å²) in [5.41, 5.74) is 0. The summed E-state index contributed by atoms with van der Waals surface area (Å²) in [4.78, 5) is 27.1. The Morgan fingerprint density at radius 3 is 2.94 bits per heavy atom. The van der Waals surface area contributed by atoms with Crippen molar-refractivity contribution in [2.24, 2.45) is 0 Å². The average molecular weight is 255 g/mol. The quantitative estimate of drug-likeness (QED) is 0.508. The third-order valence-electron chi connectivity index (χ3n) is 3.37. The van der Waals surface area contributed by atoms with E-state index in [9.17, 15) is 9.59 Å². The Bertz CT molecular complexity index is 322. The molecule has 0 aliphatic carbocycles. The van der Waals surface area contributed by atoms with Crippen LogP contribution in [0.3, 0.4) is 0 Å². The molecule has 102 valence electrons. The summed E-state index contributed by atoms with van der Waals surface area (Å²) in [7, 11) is 0. The molecule has 2 fully saturated rings. The van der Waals surface area contributed by atoms with Crippen molar-refractivity contribution in [2.45, 2.75) is 19.4 Å². The van der Waals surface area contributed by atoms with Crippen LogP contribution in [-0.2, 0) is 14.3 Å². The van der Waals surface area contributed by atoms with Gasteiger partial charge in [0.05, 0.1) is 12.6 Å². The lowest BCUT2D eigenvalue weighted by Gasteiger charge is -2.43. The largest absolute Gasteiger partial charge is 0.380 e. The van der Waals surface area contributed by atoms with Crippen LogP contribution in [0.2, 0.25) is 0 Å². The van der Waals surface area contributed by atoms with Crippen molar-refractivity contribution in [3.8, 4) is 0 Å². The molecule has 2 amide bonds. The van der Waals surface area contributed by atoms with Crippen LogP contribution in [0, 0.1) is 0 Å². The number of piperazine rings is 2. The molecule has 6 heteroatoms. The highest BCUT2D eigenvalue weighted by atomic mass is 16.5. The second kappa shape index (κ2) is 6.15. The van der Waals surface area contributed by atoms with E-state index in [4.69, 9.17) is 4.74 Å². The fraction of sp³-hybridized carbons (Fsp3) is 0.833. The Hall–Kier alpha value is -1.14. The van der Waals surface area contributed by atoms with Crippen molar-refractivity contribution < 1.29 is 14.3 Å². The zero-order chi connectivity index (χ0) is 13.0. The maximum absolute atomic E-state index is 11.9. The van der Waals surface area contributed by atoms with Gasteiger partial charge in [-0.15, -0.1) is 0 Å². The highest BCUT2D eigenvalue weighted by Crippen LogP contribution is 2.13. The fourth-order valence-electron chi connectivity index (χ4n) is 2.40. The first-order valence-electron chi connectivity index (χ1n) is 6.62. The molecule has 0 bridgehead atoms. The summed E-state index contributed by atoms with van der Waals surface area (Å²) in [5.74, 6) is -0.739. The number of amides is 2. The number of carbonyl (C=O) groups is 2. The summed E-state index contributed by atoms with van der Waals surface area (Å²) >= 11 is 0. The molecule has 0 spiro atoms. The summed E-state index contributed by atoms with van der Waals surface area (Å²) in [5, 5.41) is 3.25. The molecule has 2 heterocycles. The first kappa shape index (κ1) is 13.3. The van der Waals surface area contributed by atoms with E-state index in [1.54, 1.807) is 9.80 Å². The first-order valence-corrected chi connectivity index (χ1v) is 6.62. The fourth-order valence-corrected chi connectivity index (χ4v) is 2.40. The van der Waals surface area contributed by atoms with Crippen LogP contribution in [0.5, 0.6) is 0 Å². The third-order valence-corrected chi connectivity index (χ3v) is 3.37. The standard InChI is InChI=1S/C12H21N3O3/c1-2-6-18-7-5-14-9-10-8-13-3-4-15(10)12(17)11(14)16/h10,13H,2-9H2,1H3. The molecule has 2 aliphatic heterocycles. The Kier molecular flexibility index (Phi) is 4.54. The second-order valence-electron chi connectivity index (χ2n) is 4.72. The minimum atomic E-state index is -0.381. The Morgan fingerprint density at radius 1 is 1.33 bits per heavy atom. The molecule has 0 radical (unpaired) electrons. The number of ether oxygens (including phenoxy) is 1. The molecule has 2 aliphatic rings. The van der Waals surface area contributed by atoms with E-state index in [2.05, 4.69) is 5.32 Å². The van der Waals surface area contributed by atoms with Gasteiger partial charge in [-0.2, -0.15) is 0 Å². The van der Waals surface area contributed by atoms with E-state index in [-0.39, 0.29) is 17.9 Å². The molecular formula is C12H21N3O3. The highest BCUT2D eigenvalue weighted by Gasteiger charge is 2.39. The van der Waals surface area contributed by atoms with E-state index in [1.165, 1.54) is 0 Å². The molecule has 18 heavy (non-hydrogen) atoms. The number of fused-ring (bicyclic) bond motifs is 1. The Morgan fingerprint density at radius 2 is 2.17 bits per heavy atom. The Balaban J connectivity index is 1.88. The van der Waals surface area contributed by atoms with Crippen molar-refractivity contribution in [3.05, 3.63) is 0 Å². The molecule has 1 atom stereocenters. The zero-order valence-electron chi connectivity index (χ0n) is 10.9. The predicted molar refractivity (Wildman–Crippen MR) is 66.1 cm³/mol. The van der Waals surface area contributed by atoms with E-state index >= 15 is 0 Å². The molecule has 1 N–H and O–H groups in total. The lowest BCUT2D eigenvalue weighted by molar-refractivity contribution is -0.160. The van der Waals surface area contributed by atoms with Gasteiger partial charge in [0.25, 0.3) is 0 Å². The summed E-state index contributed by atoms with van der Waals surface area (Å²) in [6, 6.07) is 0.120. The van der Waals surface area contributed by atoms with Gasteiger partial charge in [-0.1, -0.05) is 6.92 Å². The van der Waals surface area contributed by atoms with E-state index < -0.39 is 0 Å². The SMILES string of the molecule is CCCOCCN1CC2CNCCN2C(=O)C1=O. The molecule has 2 saturated heterocycles. The zero-order valence-corrected chi connectivity index (χ0v) is 10.9. The van der Waals surface area contributed by atoms with Crippen molar-refractivity contribution in [1.29, 1.82) is 0 Å². The van der Waals surface area contributed by atoms with Gasteiger partial charge in [-0.25, -0.2) is 0 Å². The number of rotatable bonds is 5. The molecule has 0 aromatic heterocycles. The van der Waals surface area contributed by atoms with Crippen molar-refractivity contribution in [3.63, 3.8) is 0 Å². The van der Waals surface area contributed by atoms with Crippen LogP contribution in [0.4, 0.5) is 0 Å². The van der Waals surface area contributed by atoms with Gasteiger partial charge in [0.2, 0.25) is 0 Å². The molecular weight excluding hydrogens is 234 g/mol. The van der Waals surface area contributed by atoms with E-state index in [0.717, 1.165) is 19.5 Å². The van der Waals surface area contributed by atoms with Crippen LogP contribution in [0.1, 0.15) is 13.3 Å². The van der Waals surface area contributed by atoms with Crippen molar-refractivity contribution >= 4 is 11.8 Å². The average Bonchev–Trinajstić information content (AvgIpc) is 2.40. The smallest absolute Gasteiger partial charge is 0.312 e. The molecule has 2 rings (SSSR count). The minimum absolute atomic E-state index is 0.120. The molecule has 0 aromatic carbocycles. The van der Waals surface area contributed by atoms with E-state index in [1.807, 2.05) is 6.92 Å². The molecule has 1 unspecified atom stereocenters. The predicted octanol–water partition coefficient (Wildman–Crippen LogP) is -0.944. The van der Waals surface area contributed by atoms with Gasteiger partial charge in [0.1, 0.15) is 0 Å². The van der Waals surface area contributed by atoms with Gasteiger partial charge in [-0.05, 0) is 6.42 Å². The van der Waals surface area contributed by atoms with Gasteiger partial charge in [-0.3, -0.25) is 9.59 Å². The number of hydrogen-bond acceptors (Lipinski definition) is 4. The summed E-state index contributed by atoms with van der Waals surface area (Å²) in [6.07, 6.45) is 0.965. The first-order chi connectivity index (χ1) is 8.74. The van der Waals surface area contributed by atoms with Crippen LogP contribution >= 0.6 is 0 Å². The van der Waals surface area contributed by atoms with Crippen LogP contribution in [0.15, 0.2) is 0 Å². The summed E-state index contributed by atoms with van der Waals surface area (Å²) < 4.78 is 5.37. The maximum Gasteiger partial charge on any atom is 0.312 e. The van der Waals surface area contributed by atoms with Gasteiger partial charge >= 0.3 is 11.8 Å². The van der Waals surface area contributed by atoms with Crippen LogP contribution in [0.25, 0.3) is 0 Å². The Labute approximate surface area is 107 Å². The lowest BCUT2D eigenvalue weighted by atomic mass is 10.1. The highest BCUT2D eigenvalue weighted by molar-refractivity contribution is 6.35.